The van der Waals surface area contributed by atoms with Crippen molar-refractivity contribution in [3.05, 3.63) is 63.4 Å². The molecule has 1 aromatic carbocycles. The predicted molar refractivity (Wildman–Crippen MR) is 125 cm³/mol. The van der Waals surface area contributed by atoms with Gasteiger partial charge in [-0.3, -0.25) is 23.7 Å². The van der Waals surface area contributed by atoms with Crippen LogP contribution in [0.2, 0.25) is 0 Å². The van der Waals surface area contributed by atoms with E-state index in [4.69, 9.17) is 18.5 Å². The topological polar surface area (TPSA) is 158 Å². The van der Waals surface area contributed by atoms with Crippen LogP contribution in [0.1, 0.15) is 33.9 Å². The number of benzene rings is 1. The molecule has 14 heteroatoms. The molecule has 12 nitrogen and oxygen atoms in total. The molecular weight excluding hydrogens is 500 g/mol. The van der Waals surface area contributed by atoms with Gasteiger partial charge in [0.1, 0.15) is 24.0 Å². The van der Waals surface area contributed by atoms with E-state index in [9.17, 15) is 24.1 Å². The Morgan fingerprint density at radius 2 is 1.94 bits per heavy atom. The minimum absolute atomic E-state index is 0.152. The number of H-pyrrole nitrogens is 1. The van der Waals surface area contributed by atoms with E-state index in [0.717, 1.165) is 23.8 Å². The summed E-state index contributed by atoms with van der Waals surface area (Å²) in [6.45, 7) is 5.07. The van der Waals surface area contributed by atoms with Crippen molar-refractivity contribution < 1.29 is 37.4 Å². The van der Waals surface area contributed by atoms with Gasteiger partial charge in [-0.05, 0) is 39.8 Å². The van der Waals surface area contributed by atoms with E-state index < -0.39 is 67.8 Å². The number of hydrogen-bond donors (Lipinski definition) is 3. The number of halogens is 1. The summed E-state index contributed by atoms with van der Waals surface area (Å²) in [7, 11) is -4.30. The van der Waals surface area contributed by atoms with Gasteiger partial charge in [0.05, 0.1) is 12.7 Å². The van der Waals surface area contributed by atoms with E-state index in [-0.39, 0.29) is 5.75 Å². The third-order valence-corrected chi connectivity index (χ3v) is 6.90. The lowest BCUT2D eigenvalue weighted by molar-refractivity contribution is -0.149. The third kappa shape index (κ3) is 6.48. The molecule has 3 rings (SSSR count). The molecule has 1 aliphatic rings. The maximum Gasteiger partial charge on any atom is 0.459 e. The standard InChI is InChI=1S/C22H29FN3O9P/c1-13(2)33-19(29)14(3)25-36(31,35-15-8-6-5-7-9-15)32-12-16-18(28)22(4,23)20(34-16)26-11-10-17(27)24-21(26)30/h5-11,13-14,16,18,20,28H,12H2,1-4H3,(H,25,31)(H,24,27,30)/t14-,16+,18+,20+,22+,36?/m0/s1. The molecule has 0 spiro atoms. The van der Waals surface area contributed by atoms with Crippen LogP contribution in [-0.2, 0) is 23.4 Å². The Morgan fingerprint density at radius 3 is 2.56 bits per heavy atom. The van der Waals surface area contributed by atoms with E-state index in [1.54, 1.807) is 32.0 Å². The number of carbonyl (C=O) groups is 1. The summed E-state index contributed by atoms with van der Waals surface area (Å²) < 4.78 is 51.4. The zero-order chi connectivity index (χ0) is 26.7. The van der Waals surface area contributed by atoms with Gasteiger partial charge in [-0.15, -0.1) is 0 Å². The molecule has 1 aliphatic heterocycles. The SMILES string of the molecule is CC(C)OC(=O)[C@H](C)NP(=O)(OC[C@H]1O[C@@H](n2ccc(=O)[nH]c2=O)[C@](C)(F)[C@@H]1O)Oc1ccccc1. The number of nitrogens with one attached hydrogen (secondary N) is 2. The van der Waals surface area contributed by atoms with Crippen molar-refractivity contribution in [1.29, 1.82) is 0 Å². The molecule has 1 aromatic heterocycles. The Morgan fingerprint density at radius 1 is 1.28 bits per heavy atom. The first-order chi connectivity index (χ1) is 16.8. The number of carbonyl (C=O) groups excluding carboxylic acids is 1. The monoisotopic (exact) mass is 529 g/mol. The summed E-state index contributed by atoms with van der Waals surface area (Å²) in [4.78, 5) is 37.7. The first kappa shape index (κ1) is 27.8. The van der Waals surface area contributed by atoms with Crippen LogP contribution in [0, 0.1) is 0 Å². The van der Waals surface area contributed by atoms with Gasteiger partial charge in [-0.25, -0.2) is 13.8 Å². The minimum atomic E-state index is -4.30. The molecule has 2 aromatic rings. The Balaban J connectivity index is 1.80. The molecule has 198 valence electrons. The number of aromatic amines is 1. The van der Waals surface area contributed by atoms with Crippen LogP contribution in [-0.4, -0.2) is 57.3 Å². The average Bonchev–Trinajstić information content (AvgIpc) is 3.01. The molecule has 36 heavy (non-hydrogen) atoms. The van der Waals surface area contributed by atoms with Gasteiger partial charge in [0.15, 0.2) is 11.9 Å². The summed E-state index contributed by atoms with van der Waals surface area (Å²) in [5, 5.41) is 13.0. The lowest BCUT2D eigenvalue weighted by atomic mass is 9.98. The molecule has 0 bridgehead atoms. The summed E-state index contributed by atoms with van der Waals surface area (Å²) >= 11 is 0. The van der Waals surface area contributed by atoms with Crippen molar-refractivity contribution in [2.45, 2.75) is 63.9 Å². The lowest BCUT2D eigenvalue weighted by Crippen LogP contribution is -2.43. The van der Waals surface area contributed by atoms with Gasteiger partial charge < -0.3 is 19.1 Å². The van der Waals surface area contributed by atoms with E-state index >= 15 is 4.39 Å². The molecular formula is C22H29FN3O9P. The molecule has 0 saturated carbocycles. The normalized spacial score (nSPS) is 26.4. The second kappa shape index (κ2) is 11.1. The molecule has 2 heterocycles. The van der Waals surface area contributed by atoms with Crippen LogP contribution in [0.3, 0.4) is 0 Å². The number of ether oxygens (including phenoxy) is 2. The second-order valence-corrected chi connectivity index (χ2v) is 10.4. The van der Waals surface area contributed by atoms with Gasteiger partial charge in [0.25, 0.3) is 5.56 Å². The van der Waals surface area contributed by atoms with Gasteiger partial charge in [-0.1, -0.05) is 18.2 Å². The van der Waals surface area contributed by atoms with Crippen LogP contribution in [0.15, 0.2) is 52.2 Å². The molecule has 3 N–H and O–H groups in total. The third-order valence-electron chi connectivity index (χ3n) is 5.26. The van der Waals surface area contributed by atoms with Crippen molar-refractivity contribution >= 4 is 13.7 Å². The fourth-order valence-electron chi connectivity index (χ4n) is 3.47. The van der Waals surface area contributed by atoms with Crippen LogP contribution in [0.4, 0.5) is 4.39 Å². The summed E-state index contributed by atoms with van der Waals surface area (Å²) in [5.41, 5.74) is -4.12. The Hall–Kier alpha value is -2.83. The van der Waals surface area contributed by atoms with E-state index in [0.29, 0.717) is 0 Å². The Kier molecular flexibility index (Phi) is 8.52. The highest BCUT2D eigenvalue weighted by Gasteiger charge is 2.55. The molecule has 1 unspecified atom stereocenters. The molecule has 6 atom stereocenters. The predicted octanol–water partition coefficient (Wildman–Crippen LogP) is 1.66. The zero-order valence-electron chi connectivity index (χ0n) is 20.1. The number of alkyl halides is 1. The number of aliphatic hydroxyl groups is 1. The van der Waals surface area contributed by atoms with Crippen molar-refractivity contribution in [2.75, 3.05) is 6.61 Å². The number of hydrogen-bond acceptors (Lipinski definition) is 9. The average molecular weight is 529 g/mol. The highest BCUT2D eigenvalue weighted by molar-refractivity contribution is 7.52. The minimum Gasteiger partial charge on any atom is -0.462 e. The van der Waals surface area contributed by atoms with Crippen LogP contribution >= 0.6 is 7.75 Å². The van der Waals surface area contributed by atoms with E-state index in [2.05, 4.69) is 5.09 Å². The maximum atomic E-state index is 15.4. The Labute approximate surface area is 205 Å². The molecule has 1 fully saturated rings. The largest absolute Gasteiger partial charge is 0.462 e. The molecule has 0 radical (unpaired) electrons. The van der Waals surface area contributed by atoms with Crippen molar-refractivity contribution in [2.24, 2.45) is 0 Å². The highest BCUT2D eigenvalue weighted by atomic mass is 31.2. The second-order valence-electron chi connectivity index (χ2n) is 8.67. The molecule has 0 amide bonds. The van der Waals surface area contributed by atoms with Gasteiger partial charge in [0, 0.05) is 12.3 Å². The van der Waals surface area contributed by atoms with Crippen molar-refractivity contribution in [3.63, 3.8) is 0 Å². The summed E-state index contributed by atoms with van der Waals surface area (Å²) in [6, 6.07) is 7.86. The number of nitrogens with zero attached hydrogens (tertiary/aromatic N) is 1. The van der Waals surface area contributed by atoms with Gasteiger partial charge >= 0.3 is 19.4 Å². The maximum absolute atomic E-state index is 15.4. The Bertz CT molecular complexity index is 1220. The molecule has 0 aliphatic carbocycles. The summed E-state index contributed by atoms with van der Waals surface area (Å²) in [5.74, 6) is -0.560. The number of esters is 1. The zero-order valence-corrected chi connectivity index (χ0v) is 21.0. The fraction of sp³-hybridized carbons (Fsp3) is 0.500. The van der Waals surface area contributed by atoms with Crippen molar-refractivity contribution in [1.82, 2.24) is 14.6 Å². The quantitative estimate of drug-likeness (QED) is 0.305. The number of rotatable bonds is 10. The van der Waals surface area contributed by atoms with Crippen LogP contribution in [0.5, 0.6) is 5.75 Å². The van der Waals surface area contributed by atoms with Gasteiger partial charge in [-0.2, -0.15) is 5.09 Å². The fourth-order valence-corrected chi connectivity index (χ4v) is 4.97. The summed E-state index contributed by atoms with van der Waals surface area (Å²) in [6.07, 6.45) is -4.21. The number of para-hydroxylation sites is 1. The number of aliphatic hydroxyl groups excluding tert-OH is 1. The lowest BCUT2D eigenvalue weighted by Gasteiger charge is -2.25. The van der Waals surface area contributed by atoms with Gasteiger partial charge in [0.2, 0.25) is 0 Å². The van der Waals surface area contributed by atoms with E-state index in [1.165, 1.54) is 19.1 Å². The smallest absolute Gasteiger partial charge is 0.459 e. The number of aromatic nitrogens is 2. The van der Waals surface area contributed by atoms with Crippen LogP contribution < -0.4 is 20.9 Å². The first-order valence-corrected chi connectivity index (χ1v) is 12.7. The van der Waals surface area contributed by atoms with E-state index in [1.807, 2.05) is 4.98 Å². The first-order valence-electron chi connectivity index (χ1n) is 11.1. The van der Waals surface area contributed by atoms with Crippen LogP contribution in [0.25, 0.3) is 0 Å². The highest BCUT2D eigenvalue weighted by Crippen LogP contribution is 2.47. The van der Waals surface area contributed by atoms with Crippen molar-refractivity contribution in [3.8, 4) is 5.75 Å². The molecule has 1 saturated heterocycles.